The minimum atomic E-state index is -1.32. The van der Waals surface area contributed by atoms with Crippen LogP contribution in [0.1, 0.15) is 98.8 Å². The monoisotopic (exact) mass is 573 g/mol. The molecule has 0 aromatic carbocycles. The van der Waals surface area contributed by atoms with Gasteiger partial charge in [-0.25, -0.2) is 4.79 Å². The van der Waals surface area contributed by atoms with Crippen molar-refractivity contribution in [3.05, 3.63) is 12.2 Å². The van der Waals surface area contributed by atoms with Crippen molar-refractivity contribution in [3.63, 3.8) is 0 Å². The maximum Gasteiger partial charge on any atom is 0.328 e. The van der Waals surface area contributed by atoms with E-state index < -0.39 is 41.5 Å². The summed E-state index contributed by atoms with van der Waals surface area (Å²) in [4.78, 5) is 38.3. The van der Waals surface area contributed by atoms with Crippen LogP contribution in [0, 0.1) is 56.7 Å². The van der Waals surface area contributed by atoms with Crippen molar-refractivity contribution in [2.45, 2.75) is 111 Å². The van der Waals surface area contributed by atoms with E-state index in [-0.39, 0.29) is 45.8 Å². The topological polar surface area (TPSA) is 144 Å². The van der Waals surface area contributed by atoms with E-state index >= 15 is 0 Å². The van der Waals surface area contributed by atoms with Crippen molar-refractivity contribution in [1.29, 1.82) is 0 Å². The van der Waals surface area contributed by atoms with Crippen LogP contribution in [0.4, 0.5) is 0 Å². The van der Waals surface area contributed by atoms with Gasteiger partial charge in [-0.2, -0.15) is 0 Å². The molecule has 5 N–H and O–H groups in total. The fourth-order valence-electron chi connectivity index (χ4n) is 12.0. The molecule has 230 valence electrons. The van der Waals surface area contributed by atoms with Crippen molar-refractivity contribution in [2.75, 3.05) is 6.61 Å². The lowest BCUT2D eigenvalue weighted by Gasteiger charge is -2.72. The number of nitrogens with one attached hydrogen (secondary N) is 1. The molecule has 8 heteroatoms. The molecule has 0 spiro atoms. The molecule has 0 aromatic heterocycles. The highest BCUT2D eigenvalue weighted by Gasteiger charge is 2.73. The van der Waals surface area contributed by atoms with Crippen molar-refractivity contribution in [2.24, 2.45) is 56.7 Å². The summed E-state index contributed by atoms with van der Waals surface area (Å²) < 4.78 is 0. The molecule has 0 saturated heterocycles. The Bertz CT molecular complexity index is 1140. The van der Waals surface area contributed by atoms with Crippen LogP contribution in [0.2, 0.25) is 0 Å². The van der Waals surface area contributed by atoms with Crippen LogP contribution in [-0.2, 0) is 14.4 Å². The molecular formula is C33H51NO7. The third kappa shape index (κ3) is 3.87. The Kier molecular flexibility index (Phi) is 7.30. The molecule has 1 amide bonds. The number of hydrogen-bond donors (Lipinski definition) is 5. The first-order valence-corrected chi connectivity index (χ1v) is 15.8. The molecule has 0 bridgehead atoms. The molecular weight excluding hydrogens is 522 g/mol. The Hall–Kier alpha value is -1.93. The van der Waals surface area contributed by atoms with Crippen molar-refractivity contribution in [1.82, 2.24) is 5.32 Å². The molecule has 12 atom stereocenters. The third-order valence-corrected chi connectivity index (χ3v) is 14.4. The Morgan fingerprint density at radius 2 is 1.56 bits per heavy atom. The van der Waals surface area contributed by atoms with Gasteiger partial charge in [0.05, 0.1) is 23.5 Å². The van der Waals surface area contributed by atoms with Crippen LogP contribution in [-0.4, -0.2) is 57.0 Å². The Labute approximate surface area is 244 Å². The Morgan fingerprint density at radius 1 is 0.878 bits per heavy atom. The van der Waals surface area contributed by atoms with Gasteiger partial charge in [0, 0.05) is 0 Å². The smallest absolute Gasteiger partial charge is 0.328 e. The second-order valence-corrected chi connectivity index (χ2v) is 15.5. The largest absolute Gasteiger partial charge is 0.481 e. The van der Waals surface area contributed by atoms with E-state index in [2.05, 4.69) is 39.6 Å². The first-order chi connectivity index (χ1) is 19.0. The lowest BCUT2D eigenvalue weighted by atomic mass is 9.32. The number of aliphatic hydroxyl groups is 2. The first kappa shape index (κ1) is 30.5. The quantitative estimate of drug-likeness (QED) is 0.291. The summed E-state index contributed by atoms with van der Waals surface area (Å²) in [6, 6.07) is -1.32. The number of carbonyl (C=O) groups excluding carboxylic acids is 1. The zero-order chi connectivity index (χ0) is 30.3. The van der Waals surface area contributed by atoms with Crippen molar-refractivity contribution >= 4 is 17.8 Å². The second-order valence-electron chi connectivity index (χ2n) is 15.5. The number of fused-ring (bicyclic) bond motifs is 7. The number of aliphatic hydroxyl groups excluding tert-OH is 2. The zero-order valence-corrected chi connectivity index (χ0v) is 25.5. The van der Waals surface area contributed by atoms with E-state index in [4.69, 9.17) is 0 Å². The number of hydrogen-bond acceptors (Lipinski definition) is 5. The summed E-state index contributed by atoms with van der Waals surface area (Å²) in [5.41, 5.74) is -1.09. The molecule has 0 aromatic rings. The number of rotatable bonds is 6. The Morgan fingerprint density at radius 3 is 2.15 bits per heavy atom. The minimum absolute atomic E-state index is 0.0488. The predicted molar refractivity (Wildman–Crippen MR) is 154 cm³/mol. The van der Waals surface area contributed by atoms with Gasteiger partial charge in [0.2, 0.25) is 5.91 Å². The molecule has 0 aliphatic heterocycles. The lowest BCUT2D eigenvalue weighted by Crippen LogP contribution is -2.68. The van der Waals surface area contributed by atoms with Gasteiger partial charge in [0.15, 0.2) is 0 Å². The summed E-state index contributed by atoms with van der Waals surface area (Å²) >= 11 is 0. The highest BCUT2D eigenvalue weighted by atomic mass is 16.4. The molecule has 5 saturated carbocycles. The maximum absolute atomic E-state index is 14.0. The SMILES string of the molecule is C=C(C)[C@@H]1CC[C@]2(C(=O)N[C@@H](CO)C(=O)O)CC[C@]3(C)[C@H](CC[C@@H]4[C@@]5(C)CC[C@@H](O)[C@@](C)(C(=O)O)[C@@H]5CC[C@]43C)[C@@H]12. The summed E-state index contributed by atoms with van der Waals surface area (Å²) in [5.74, 6) is -1.66. The van der Waals surface area contributed by atoms with Crippen LogP contribution >= 0.6 is 0 Å². The number of amides is 1. The lowest BCUT2D eigenvalue weighted by molar-refractivity contribution is -0.249. The average Bonchev–Trinajstić information content (AvgIpc) is 3.31. The molecule has 0 heterocycles. The number of carboxylic acids is 2. The molecule has 5 rings (SSSR count). The molecule has 0 unspecified atom stereocenters. The van der Waals surface area contributed by atoms with Crippen molar-refractivity contribution < 1.29 is 34.8 Å². The van der Waals surface area contributed by atoms with E-state index in [1.807, 2.05) is 0 Å². The summed E-state index contributed by atoms with van der Waals surface area (Å²) in [5, 5.41) is 43.2. The van der Waals surface area contributed by atoms with Crippen LogP contribution in [0.5, 0.6) is 0 Å². The Balaban J connectivity index is 1.54. The van der Waals surface area contributed by atoms with Gasteiger partial charge < -0.3 is 25.7 Å². The molecule has 0 radical (unpaired) electrons. The summed E-state index contributed by atoms with van der Waals surface area (Å²) in [6.07, 6.45) is 7.13. The van der Waals surface area contributed by atoms with Gasteiger partial charge in [-0.3, -0.25) is 9.59 Å². The average molecular weight is 574 g/mol. The minimum Gasteiger partial charge on any atom is -0.481 e. The van der Waals surface area contributed by atoms with Gasteiger partial charge >= 0.3 is 11.9 Å². The number of allylic oxidation sites excluding steroid dienone is 1. The fraction of sp³-hybridized carbons (Fsp3) is 0.848. The highest BCUT2D eigenvalue weighted by molar-refractivity contribution is 5.88. The van der Waals surface area contributed by atoms with Crippen molar-refractivity contribution in [3.8, 4) is 0 Å². The third-order valence-electron chi connectivity index (χ3n) is 14.4. The van der Waals surface area contributed by atoms with Gasteiger partial charge in [-0.1, -0.05) is 32.9 Å². The standard InChI is InChI=1S/C33H51NO7/c1-18(2)19-9-14-33(27(39)34-21(17-35)26(37)38)16-15-30(4)20(25(19)33)7-8-22-29(3)12-11-24(36)32(6,28(40)41)23(29)10-13-31(22,30)5/h19-25,35-36H,1,7-17H2,2-6H3,(H,34,39)(H,37,38)(H,40,41)/t19-,20+,21-,22+,23+,24+,25+,29+,30+,31+,32-,33-/m0/s1. The molecule has 5 aliphatic rings. The van der Waals surface area contributed by atoms with Gasteiger partial charge in [-0.05, 0) is 124 Å². The second kappa shape index (κ2) is 9.80. The van der Waals surface area contributed by atoms with E-state index in [1.54, 1.807) is 6.92 Å². The predicted octanol–water partition coefficient (Wildman–Crippen LogP) is 4.63. The van der Waals surface area contributed by atoms with Crippen LogP contribution in [0.15, 0.2) is 12.2 Å². The zero-order valence-electron chi connectivity index (χ0n) is 25.5. The van der Waals surface area contributed by atoms with E-state index in [1.165, 1.54) is 0 Å². The van der Waals surface area contributed by atoms with E-state index in [9.17, 15) is 34.8 Å². The van der Waals surface area contributed by atoms with Gasteiger partial charge in [-0.15, -0.1) is 0 Å². The first-order valence-electron chi connectivity index (χ1n) is 15.8. The van der Waals surface area contributed by atoms with E-state index in [0.29, 0.717) is 25.2 Å². The van der Waals surface area contributed by atoms with E-state index in [0.717, 1.165) is 50.5 Å². The normalized spacial score (nSPS) is 49.4. The number of aliphatic carboxylic acids is 2. The summed E-state index contributed by atoms with van der Waals surface area (Å²) in [7, 11) is 0. The maximum atomic E-state index is 14.0. The van der Waals surface area contributed by atoms with Gasteiger partial charge in [0.25, 0.3) is 0 Å². The summed E-state index contributed by atoms with van der Waals surface area (Å²) in [6.45, 7) is 14.7. The fourth-order valence-corrected chi connectivity index (χ4v) is 12.0. The highest BCUT2D eigenvalue weighted by Crippen LogP contribution is 2.77. The van der Waals surface area contributed by atoms with Crippen LogP contribution in [0.3, 0.4) is 0 Å². The number of carbonyl (C=O) groups is 3. The van der Waals surface area contributed by atoms with Crippen LogP contribution < -0.4 is 5.32 Å². The molecule has 8 nitrogen and oxygen atoms in total. The number of carboxylic acid groups (broad SMARTS) is 2. The molecule has 41 heavy (non-hydrogen) atoms. The molecule has 5 fully saturated rings. The van der Waals surface area contributed by atoms with Crippen LogP contribution in [0.25, 0.3) is 0 Å². The van der Waals surface area contributed by atoms with Gasteiger partial charge in [0.1, 0.15) is 6.04 Å². The molecule has 5 aliphatic carbocycles.